The largest absolute Gasteiger partial charge is 0.480 e. The van der Waals surface area contributed by atoms with E-state index in [0.717, 1.165) is 32.2 Å². The van der Waals surface area contributed by atoms with Gasteiger partial charge in [0, 0.05) is 6.54 Å². The van der Waals surface area contributed by atoms with Crippen LogP contribution in [0.25, 0.3) is 0 Å². The van der Waals surface area contributed by atoms with Gasteiger partial charge >= 0.3 is 5.97 Å². The number of hydrogen-bond acceptors (Lipinski definition) is 3. The van der Waals surface area contributed by atoms with Crippen molar-refractivity contribution in [2.45, 2.75) is 51.1 Å². The van der Waals surface area contributed by atoms with Crippen molar-refractivity contribution in [2.24, 2.45) is 5.92 Å². The molecule has 0 spiro atoms. The van der Waals surface area contributed by atoms with Crippen LogP contribution in [-0.4, -0.2) is 47.1 Å². The Kier molecular flexibility index (Phi) is 4.22. The molecule has 18 heavy (non-hydrogen) atoms. The van der Waals surface area contributed by atoms with Gasteiger partial charge in [-0.05, 0) is 38.1 Å². The zero-order valence-corrected chi connectivity index (χ0v) is 10.9. The fourth-order valence-corrected chi connectivity index (χ4v) is 3.00. The molecule has 0 bridgehead atoms. The lowest BCUT2D eigenvalue weighted by atomic mass is 9.88. The third-order valence-electron chi connectivity index (χ3n) is 4.21. The first-order valence-electron chi connectivity index (χ1n) is 6.90. The molecule has 2 rings (SSSR count). The maximum atomic E-state index is 12.3. The van der Waals surface area contributed by atoms with Crippen LogP contribution < -0.4 is 5.32 Å². The molecule has 2 aliphatic rings. The SMILES string of the molecule is CCC1CCN(C(=O)C2CCCN2)C(C(=O)O)C1. The molecule has 0 aliphatic carbocycles. The van der Waals surface area contributed by atoms with E-state index in [1.807, 2.05) is 0 Å². The van der Waals surface area contributed by atoms with Crippen LogP contribution in [0.5, 0.6) is 0 Å². The minimum Gasteiger partial charge on any atom is -0.480 e. The zero-order chi connectivity index (χ0) is 13.1. The highest BCUT2D eigenvalue weighted by molar-refractivity contribution is 5.87. The Morgan fingerprint density at radius 2 is 2.17 bits per heavy atom. The Hall–Kier alpha value is -1.10. The minimum atomic E-state index is -0.862. The van der Waals surface area contributed by atoms with Crippen LogP contribution in [0.3, 0.4) is 0 Å². The highest BCUT2D eigenvalue weighted by Crippen LogP contribution is 2.26. The van der Waals surface area contributed by atoms with Crippen molar-refractivity contribution in [2.75, 3.05) is 13.1 Å². The van der Waals surface area contributed by atoms with Gasteiger partial charge in [-0.15, -0.1) is 0 Å². The van der Waals surface area contributed by atoms with Gasteiger partial charge in [0.05, 0.1) is 6.04 Å². The highest BCUT2D eigenvalue weighted by Gasteiger charge is 2.38. The molecule has 2 N–H and O–H groups in total. The number of nitrogens with one attached hydrogen (secondary N) is 1. The molecular formula is C13H22N2O3. The Bertz CT molecular complexity index is 326. The van der Waals surface area contributed by atoms with Crippen LogP contribution in [0, 0.1) is 5.92 Å². The molecule has 5 heteroatoms. The van der Waals surface area contributed by atoms with E-state index in [4.69, 9.17) is 0 Å². The molecule has 3 atom stereocenters. The second kappa shape index (κ2) is 5.69. The van der Waals surface area contributed by atoms with Crippen LogP contribution in [0.1, 0.15) is 39.0 Å². The first kappa shape index (κ1) is 13.3. The fraction of sp³-hybridized carbons (Fsp3) is 0.846. The maximum absolute atomic E-state index is 12.3. The van der Waals surface area contributed by atoms with Crippen molar-refractivity contribution in [1.29, 1.82) is 0 Å². The van der Waals surface area contributed by atoms with Gasteiger partial charge in [-0.25, -0.2) is 4.79 Å². The molecule has 1 amide bonds. The Morgan fingerprint density at radius 3 is 2.72 bits per heavy atom. The number of carboxylic acids is 1. The molecule has 2 fully saturated rings. The van der Waals surface area contributed by atoms with Crippen LogP contribution in [0.15, 0.2) is 0 Å². The third-order valence-corrected chi connectivity index (χ3v) is 4.21. The van der Waals surface area contributed by atoms with Gasteiger partial charge in [-0.3, -0.25) is 4.79 Å². The van der Waals surface area contributed by atoms with Crippen molar-refractivity contribution in [3.05, 3.63) is 0 Å². The van der Waals surface area contributed by atoms with Gasteiger partial charge in [0.2, 0.25) is 5.91 Å². The quantitative estimate of drug-likeness (QED) is 0.783. The van der Waals surface area contributed by atoms with Crippen LogP contribution in [-0.2, 0) is 9.59 Å². The molecule has 0 radical (unpaired) electrons. The summed E-state index contributed by atoms with van der Waals surface area (Å²) in [4.78, 5) is 25.2. The molecule has 0 aromatic carbocycles. The molecule has 2 aliphatic heterocycles. The van der Waals surface area contributed by atoms with Crippen molar-refractivity contribution in [3.63, 3.8) is 0 Å². The van der Waals surface area contributed by atoms with Gasteiger partial charge in [-0.2, -0.15) is 0 Å². The van der Waals surface area contributed by atoms with E-state index in [-0.39, 0.29) is 11.9 Å². The number of rotatable bonds is 3. The predicted octanol–water partition coefficient (Wildman–Crippen LogP) is 0.840. The molecule has 0 aromatic rings. The number of piperidine rings is 1. The number of amides is 1. The molecular weight excluding hydrogens is 232 g/mol. The number of likely N-dealkylation sites (tertiary alicyclic amines) is 1. The van der Waals surface area contributed by atoms with Crippen LogP contribution >= 0.6 is 0 Å². The Balaban J connectivity index is 2.05. The molecule has 0 aromatic heterocycles. The first-order chi connectivity index (χ1) is 8.63. The second-order valence-corrected chi connectivity index (χ2v) is 5.33. The van der Waals surface area contributed by atoms with E-state index in [1.165, 1.54) is 0 Å². The smallest absolute Gasteiger partial charge is 0.326 e. The van der Waals surface area contributed by atoms with Gasteiger partial charge in [0.25, 0.3) is 0 Å². The number of hydrogen-bond donors (Lipinski definition) is 2. The van der Waals surface area contributed by atoms with Gasteiger partial charge in [0.1, 0.15) is 6.04 Å². The summed E-state index contributed by atoms with van der Waals surface area (Å²) in [5, 5.41) is 12.5. The number of aliphatic carboxylic acids is 1. The van der Waals surface area contributed by atoms with Crippen molar-refractivity contribution < 1.29 is 14.7 Å². The van der Waals surface area contributed by atoms with Gasteiger partial charge in [0.15, 0.2) is 0 Å². The van der Waals surface area contributed by atoms with E-state index in [1.54, 1.807) is 4.90 Å². The summed E-state index contributed by atoms with van der Waals surface area (Å²) in [6.07, 6.45) is 4.36. The average molecular weight is 254 g/mol. The standard InChI is InChI=1S/C13H22N2O3/c1-2-9-5-7-15(11(8-9)13(17)18)12(16)10-4-3-6-14-10/h9-11,14H,2-8H2,1H3,(H,17,18). The number of carboxylic acid groups (broad SMARTS) is 1. The number of carbonyl (C=O) groups excluding carboxylic acids is 1. The van der Waals surface area contributed by atoms with Crippen LogP contribution in [0.2, 0.25) is 0 Å². The predicted molar refractivity (Wildman–Crippen MR) is 67.2 cm³/mol. The fourth-order valence-electron chi connectivity index (χ4n) is 3.00. The van der Waals surface area contributed by atoms with Crippen molar-refractivity contribution in [1.82, 2.24) is 10.2 Å². The average Bonchev–Trinajstić information content (AvgIpc) is 2.91. The lowest BCUT2D eigenvalue weighted by molar-refractivity contribution is -0.154. The zero-order valence-electron chi connectivity index (χ0n) is 10.9. The summed E-state index contributed by atoms with van der Waals surface area (Å²) in [6.45, 7) is 3.53. The van der Waals surface area contributed by atoms with E-state index in [2.05, 4.69) is 12.2 Å². The monoisotopic (exact) mass is 254 g/mol. The summed E-state index contributed by atoms with van der Waals surface area (Å²) in [6, 6.07) is -0.788. The molecule has 5 nitrogen and oxygen atoms in total. The third kappa shape index (κ3) is 2.66. The van der Waals surface area contributed by atoms with E-state index < -0.39 is 12.0 Å². The maximum Gasteiger partial charge on any atom is 0.326 e. The normalized spacial score (nSPS) is 32.5. The second-order valence-electron chi connectivity index (χ2n) is 5.33. The van der Waals surface area contributed by atoms with E-state index in [9.17, 15) is 14.7 Å². The van der Waals surface area contributed by atoms with Gasteiger partial charge < -0.3 is 15.3 Å². The summed E-state index contributed by atoms with van der Waals surface area (Å²) in [5.74, 6) is -0.444. The molecule has 2 saturated heterocycles. The number of carbonyl (C=O) groups is 2. The summed E-state index contributed by atoms with van der Waals surface area (Å²) >= 11 is 0. The van der Waals surface area contributed by atoms with E-state index >= 15 is 0 Å². The summed E-state index contributed by atoms with van der Waals surface area (Å²) in [7, 11) is 0. The van der Waals surface area contributed by atoms with Crippen molar-refractivity contribution >= 4 is 11.9 Å². The van der Waals surface area contributed by atoms with E-state index in [0.29, 0.717) is 18.9 Å². The topological polar surface area (TPSA) is 69.6 Å². The molecule has 2 heterocycles. The minimum absolute atomic E-state index is 0.0190. The Morgan fingerprint density at radius 1 is 1.39 bits per heavy atom. The lowest BCUT2D eigenvalue weighted by Crippen LogP contribution is -2.54. The highest BCUT2D eigenvalue weighted by atomic mass is 16.4. The van der Waals surface area contributed by atoms with Gasteiger partial charge in [-0.1, -0.05) is 13.3 Å². The number of nitrogens with zero attached hydrogens (tertiary/aromatic N) is 1. The van der Waals surface area contributed by atoms with Crippen LogP contribution in [0.4, 0.5) is 0 Å². The molecule has 102 valence electrons. The lowest BCUT2D eigenvalue weighted by Gasteiger charge is -2.38. The molecule has 3 unspecified atom stereocenters. The summed E-state index contributed by atoms with van der Waals surface area (Å²) < 4.78 is 0. The Labute approximate surface area is 108 Å². The molecule has 0 saturated carbocycles. The first-order valence-corrected chi connectivity index (χ1v) is 6.90. The van der Waals surface area contributed by atoms with Crippen molar-refractivity contribution in [3.8, 4) is 0 Å². The summed E-state index contributed by atoms with van der Waals surface area (Å²) in [5.41, 5.74) is 0.